The average Bonchev–Trinajstić information content (AvgIpc) is 2.33. The lowest BCUT2D eigenvalue weighted by Crippen LogP contribution is -1.91. The smallest absolute Gasteiger partial charge is 0.188 e. The van der Waals surface area contributed by atoms with Crippen LogP contribution in [0.3, 0.4) is 0 Å². The first-order valence-electron chi connectivity index (χ1n) is 6.25. The summed E-state index contributed by atoms with van der Waals surface area (Å²) in [4.78, 5) is 3.09. The summed E-state index contributed by atoms with van der Waals surface area (Å²) in [5.74, 6) is 0. The van der Waals surface area contributed by atoms with Crippen LogP contribution in [-0.2, 0) is 11.1 Å². The van der Waals surface area contributed by atoms with Crippen molar-refractivity contribution in [2.24, 2.45) is 0 Å². The number of hydrogen-bond donors (Lipinski definition) is 1. The average molecular weight is 199 g/mol. The molecule has 1 atom stereocenters. The molecule has 0 radical (unpaired) electrons. The van der Waals surface area contributed by atoms with Gasteiger partial charge in [0, 0.05) is 11.6 Å². The molecular weight excluding hydrogens is 186 g/mol. The lowest BCUT2D eigenvalue weighted by molar-refractivity contribution is 0.565. The molecule has 0 fully saturated rings. The summed E-state index contributed by atoms with van der Waals surface area (Å²) in [6, 6.07) is -2.81. The van der Waals surface area contributed by atoms with Crippen molar-refractivity contribution in [2.75, 3.05) is 0 Å². The van der Waals surface area contributed by atoms with Gasteiger partial charge in [-0.05, 0) is 12.1 Å². The Labute approximate surface area is 86.1 Å². The fourth-order valence-electron chi connectivity index (χ4n) is 0.880. The molecule has 1 aromatic heterocycles. The molecule has 2 rings (SSSR count). The van der Waals surface area contributed by atoms with Gasteiger partial charge in [-0.15, -0.1) is 0 Å². The first-order chi connectivity index (χ1) is 8.77. The summed E-state index contributed by atoms with van der Waals surface area (Å²) < 4.78 is 65.8. The van der Waals surface area contributed by atoms with E-state index in [0.717, 1.165) is 0 Å². The van der Waals surface area contributed by atoms with E-state index in [9.17, 15) is 4.21 Å². The second kappa shape index (κ2) is 3.24. The van der Waals surface area contributed by atoms with E-state index in [-0.39, 0.29) is 10.9 Å². The van der Waals surface area contributed by atoms with Crippen molar-refractivity contribution < 1.29 is 17.0 Å². The maximum absolute atomic E-state index is 11.2. The Morgan fingerprint density at radius 1 is 1.38 bits per heavy atom. The molecule has 3 nitrogen and oxygen atoms in total. The zero-order valence-electron chi connectivity index (χ0n) is 12.2. The third-order valence-electron chi connectivity index (χ3n) is 1.40. The lowest BCUT2D eigenvalue weighted by Gasteiger charge is -1.99. The number of para-hydroxylation sites is 1. The Kier molecular flexibility index (Phi) is 0.960. The Bertz CT molecular complexity index is 727. The summed E-state index contributed by atoms with van der Waals surface area (Å²) in [7, 11) is 0. The van der Waals surface area contributed by atoms with E-state index in [4.69, 9.17) is 12.8 Å². The fraction of sp³-hybridized carbons (Fsp3) is 0. The van der Waals surface area contributed by atoms with Crippen LogP contribution in [0.15, 0.2) is 41.3 Å². The zero-order valence-corrected chi connectivity index (χ0v) is 7.03. The van der Waals surface area contributed by atoms with Crippen LogP contribution in [0.4, 0.5) is 0 Å². The molecule has 0 aliphatic rings. The van der Waals surface area contributed by atoms with Gasteiger partial charge in [-0.25, -0.2) is 4.21 Å². The van der Waals surface area contributed by atoms with Crippen LogP contribution in [0, 0.1) is 0 Å². The van der Waals surface area contributed by atoms with Crippen LogP contribution < -0.4 is 0 Å². The first-order valence-corrected chi connectivity index (χ1v) is 4.36. The van der Waals surface area contributed by atoms with Crippen molar-refractivity contribution in [1.82, 2.24) is 4.98 Å². The molecule has 2 aromatic rings. The van der Waals surface area contributed by atoms with Gasteiger partial charge in [-0.2, -0.15) is 0 Å². The van der Waals surface area contributed by atoms with E-state index in [0.29, 0.717) is 0 Å². The van der Waals surface area contributed by atoms with Crippen molar-refractivity contribution in [2.45, 2.75) is 4.90 Å². The molecule has 0 aliphatic carbocycles. The first kappa shape index (κ1) is 3.86. The van der Waals surface area contributed by atoms with Crippen molar-refractivity contribution in [3.8, 4) is 0 Å². The van der Waals surface area contributed by atoms with Gasteiger partial charge in [0.25, 0.3) is 0 Å². The monoisotopic (exact) mass is 199 g/mol. The number of aromatic nitrogens is 1. The molecule has 1 heterocycles. The number of rotatable bonds is 1. The molecule has 0 aliphatic heterocycles. The van der Waals surface area contributed by atoms with Crippen LogP contribution >= 0.6 is 0 Å². The highest BCUT2D eigenvalue weighted by Crippen LogP contribution is 2.17. The summed E-state index contributed by atoms with van der Waals surface area (Å²) in [5.41, 5.74) is -0.321. The number of benzene rings is 1. The second-order valence-corrected chi connectivity index (χ2v) is 3.06. The topological polar surface area (TPSA) is 50.2 Å². The van der Waals surface area contributed by atoms with Gasteiger partial charge in [0.05, 0.1) is 18.6 Å². The molecule has 0 saturated heterocycles. The standard InChI is InChI=1S/C9H7NO2S/c11-13(12)8-5-1-3-7-4-2-6-10-9(7)8/h1-6H,(H,11,12)/i1D,2D,3D,4D,5D,6D. The molecule has 13 heavy (non-hydrogen) atoms. The number of pyridine rings is 1. The SMILES string of the molecule is [2H]c1nc2c(S(=O)O)c([2H])c([2H])c([2H])c2c([2H])c1[2H]. The molecule has 1 aromatic carbocycles. The molecule has 4 heteroatoms. The van der Waals surface area contributed by atoms with Crippen LogP contribution in [0.2, 0.25) is 0 Å². The number of nitrogens with zero attached hydrogens (tertiary/aromatic N) is 1. The summed E-state index contributed by atoms with van der Waals surface area (Å²) in [6.07, 6.45) is -0.583. The summed E-state index contributed by atoms with van der Waals surface area (Å²) >= 11 is -2.64. The van der Waals surface area contributed by atoms with Crippen molar-refractivity contribution in [3.05, 3.63) is 36.4 Å². The van der Waals surface area contributed by atoms with Gasteiger partial charge in [0.1, 0.15) is 0 Å². The van der Waals surface area contributed by atoms with Gasteiger partial charge in [0.15, 0.2) is 11.1 Å². The van der Waals surface area contributed by atoms with Crippen molar-refractivity contribution in [3.63, 3.8) is 0 Å². The minimum atomic E-state index is -2.64. The van der Waals surface area contributed by atoms with Gasteiger partial charge in [-0.3, -0.25) is 4.98 Å². The molecule has 0 bridgehead atoms. The van der Waals surface area contributed by atoms with E-state index >= 15 is 0 Å². The third-order valence-corrected chi connectivity index (χ3v) is 2.05. The van der Waals surface area contributed by atoms with Gasteiger partial charge in [-0.1, -0.05) is 18.1 Å². The highest BCUT2D eigenvalue weighted by molar-refractivity contribution is 7.79. The number of fused-ring (bicyclic) bond motifs is 1. The molecule has 0 saturated carbocycles. The Balaban J connectivity index is 3.17. The number of hydrogen-bond acceptors (Lipinski definition) is 2. The van der Waals surface area contributed by atoms with E-state index in [1.165, 1.54) is 0 Å². The molecule has 1 N–H and O–H groups in total. The van der Waals surface area contributed by atoms with E-state index < -0.39 is 52.4 Å². The van der Waals surface area contributed by atoms with E-state index in [1.54, 1.807) is 0 Å². The summed E-state index contributed by atoms with van der Waals surface area (Å²) in [5, 5.41) is -0.264. The molecule has 0 amide bonds. The largest absolute Gasteiger partial charge is 0.302 e. The summed E-state index contributed by atoms with van der Waals surface area (Å²) in [6.45, 7) is 0. The van der Waals surface area contributed by atoms with Crippen LogP contribution in [0.25, 0.3) is 10.9 Å². The normalized spacial score (nSPS) is 19.5. The third kappa shape index (κ3) is 1.46. The van der Waals surface area contributed by atoms with Gasteiger partial charge >= 0.3 is 0 Å². The predicted molar refractivity (Wildman–Crippen MR) is 50.8 cm³/mol. The van der Waals surface area contributed by atoms with Gasteiger partial charge < -0.3 is 4.55 Å². The highest BCUT2D eigenvalue weighted by atomic mass is 32.2. The molecular formula is C9H7NO2S. The van der Waals surface area contributed by atoms with Gasteiger partial charge in [0.2, 0.25) is 0 Å². The zero-order chi connectivity index (χ0) is 14.5. The van der Waals surface area contributed by atoms with Crippen LogP contribution in [-0.4, -0.2) is 13.7 Å². The Morgan fingerprint density at radius 2 is 2.15 bits per heavy atom. The molecule has 0 spiro atoms. The molecule has 66 valence electrons. The highest BCUT2D eigenvalue weighted by Gasteiger charge is 2.05. The van der Waals surface area contributed by atoms with Crippen molar-refractivity contribution in [1.29, 1.82) is 0 Å². The fourth-order valence-corrected chi connectivity index (χ4v) is 1.33. The Morgan fingerprint density at radius 3 is 2.92 bits per heavy atom. The quantitative estimate of drug-likeness (QED) is 0.713. The van der Waals surface area contributed by atoms with E-state index in [1.807, 2.05) is 0 Å². The molecule has 1 unspecified atom stereocenters. The van der Waals surface area contributed by atoms with Crippen molar-refractivity contribution >= 4 is 22.0 Å². The van der Waals surface area contributed by atoms with Crippen LogP contribution in [0.1, 0.15) is 8.22 Å². The maximum Gasteiger partial charge on any atom is 0.188 e. The van der Waals surface area contributed by atoms with E-state index in [2.05, 4.69) is 4.98 Å². The predicted octanol–water partition coefficient (Wildman–Crippen LogP) is 1.82. The second-order valence-electron chi connectivity index (χ2n) is 2.15. The minimum Gasteiger partial charge on any atom is -0.302 e. The maximum atomic E-state index is 11.2. The van der Waals surface area contributed by atoms with Crippen LogP contribution in [0.5, 0.6) is 0 Å². The lowest BCUT2D eigenvalue weighted by atomic mass is 10.2. The minimum absolute atomic E-state index is 0.264. The Hall–Kier alpha value is -1.26.